The van der Waals surface area contributed by atoms with Crippen LogP contribution in [0.2, 0.25) is 0 Å². The zero-order chi connectivity index (χ0) is 27.1. The lowest BCUT2D eigenvalue weighted by molar-refractivity contribution is -0.133. The van der Waals surface area contributed by atoms with Gasteiger partial charge >= 0.3 is 0 Å². The molecule has 2 aromatic carbocycles. The first-order chi connectivity index (χ1) is 18.3. The Balaban J connectivity index is 1.52. The number of Topliss-reactive ketones (excluding diaryl/α,β-unsaturated/α-hetero) is 1. The number of nitrogens with one attached hydrogen (secondary N) is 3. The normalized spacial score (nSPS) is 24.1. The van der Waals surface area contributed by atoms with Crippen molar-refractivity contribution in [1.29, 1.82) is 0 Å². The molecule has 1 unspecified atom stereocenters. The van der Waals surface area contributed by atoms with Gasteiger partial charge in [-0.05, 0) is 55.9 Å². The number of epoxide rings is 1. The third kappa shape index (κ3) is 7.18. The van der Waals surface area contributed by atoms with E-state index >= 15 is 0 Å². The number of rotatable bonds is 12. The van der Waals surface area contributed by atoms with Gasteiger partial charge in [-0.15, -0.1) is 0 Å². The minimum atomic E-state index is -0.911. The van der Waals surface area contributed by atoms with Crippen molar-refractivity contribution in [1.82, 2.24) is 16.0 Å². The van der Waals surface area contributed by atoms with Gasteiger partial charge in [-0.2, -0.15) is 0 Å². The van der Waals surface area contributed by atoms with Crippen molar-refractivity contribution < 1.29 is 29.0 Å². The highest BCUT2D eigenvalue weighted by Gasteiger charge is 2.50. The number of carbonyl (C=O) groups excluding carboxylic acids is 3. The van der Waals surface area contributed by atoms with Crippen LogP contribution in [-0.4, -0.2) is 72.8 Å². The molecule has 2 aliphatic rings. The van der Waals surface area contributed by atoms with Gasteiger partial charge in [0, 0.05) is 12.5 Å². The molecule has 204 valence electrons. The van der Waals surface area contributed by atoms with Crippen LogP contribution >= 0.6 is 0 Å². The maximum atomic E-state index is 13.7. The van der Waals surface area contributed by atoms with Crippen LogP contribution in [-0.2, 0) is 32.0 Å². The van der Waals surface area contributed by atoms with Crippen LogP contribution in [0.3, 0.4) is 0 Å². The van der Waals surface area contributed by atoms with Gasteiger partial charge < -0.3 is 30.5 Å². The standard InChI is InChI=1S/C29H37N3O6/c1-29(18-38-29)26(34)24(15-19-7-4-3-5-8-19)31-28(36)25(16-20-11-13-22(37-2)14-12-20)32-27(35)23-10-6-9-21(17-33)30-23/h3-5,7-8,11-14,21,23-25,30,33H,6,9-10,15-18H2,1-2H3,(H,31,36)(H,32,35)/t21?,23-,24-,25-,29+/m0/s1. The van der Waals surface area contributed by atoms with Gasteiger partial charge in [0.2, 0.25) is 11.8 Å². The van der Waals surface area contributed by atoms with Gasteiger partial charge in [-0.25, -0.2) is 0 Å². The second kappa shape index (κ2) is 12.5. The molecule has 0 saturated carbocycles. The molecule has 9 heteroatoms. The van der Waals surface area contributed by atoms with Crippen LogP contribution < -0.4 is 20.7 Å². The molecule has 2 amide bonds. The highest BCUT2D eigenvalue weighted by Crippen LogP contribution is 2.29. The Kier molecular flexibility index (Phi) is 9.14. The third-order valence-electron chi connectivity index (χ3n) is 7.27. The van der Waals surface area contributed by atoms with E-state index in [-0.39, 0.29) is 30.8 Å². The summed E-state index contributed by atoms with van der Waals surface area (Å²) in [6.45, 7) is 1.99. The summed E-state index contributed by atoms with van der Waals surface area (Å²) in [6.07, 6.45) is 2.76. The van der Waals surface area contributed by atoms with Crippen LogP contribution in [0.5, 0.6) is 5.75 Å². The first-order valence-electron chi connectivity index (χ1n) is 13.1. The first kappa shape index (κ1) is 27.8. The number of piperidine rings is 1. The molecule has 0 aromatic heterocycles. The van der Waals surface area contributed by atoms with E-state index in [1.54, 1.807) is 26.2 Å². The highest BCUT2D eigenvalue weighted by molar-refractivity contribution is 5.98. The van der Waals surface area contributed by atoms with E-state index in [2.05, 4.69) is 16.0 Å². The predicted octanol–water partition coefficient (Wildman–Crippen LogP) is 1.31. The average molecular weight is 524 g/mol. The molecule has 2 aromatic rings. The van der Waals surface area contributed by atoms with Gasteiger partial charge in [0.15, 0.2) is 5.78 Å². The molecule has 0 spiro atoms. The number of aliphatic hydroxyl groups excluding tert-OH is 1. The van der Waals surface area contributed by atoms with Gasteiger partial charge in [0.05, 0.1) is 32.4 Å². The van der Waals surface area contributed by atoms with Crippen LogP contribution in [0.4, 0.5) is 0 Å². The molecule has 2 saturated heterocycles. The van der Waals surface area contributed by atoms with Crippen molar-refractivity contribution in [2.24, 2.45) is 0 Å². The number of carbonyl (C=O) groups is 3. The van der Waals surface area contributed by atoms with Crippen molar-refractivity contribution in [3.8, 4) is 5.75 Å². The molecule has 2 aliphatic heterocycles. The number of benzene rings is 2. The second-order valence-electron chi connectivity index (χ2n) is 10.3. The Hall–Kier alpha value is -3.27. The number of methoxy groups -OCH3 is 1. The zero-order valence-electron chi connectivity index (χ0n) is 21.9. The summed E-state index contributed by atoms with van der Waals surface area (Å²) in [6, 6.07) is 14.4. The van der Waals surface area contributed by atoms with E-state index in [9.17, 15) is 19.5 Å². The minimum absolute atomic E-state index is 0.0519. The van der Waals surface area contributed by atoms with Crippen molar-refractivity contribution in [3.05, 3.63) is 65.7 Å². The van der Waals surface area contributed by atoms with Crippen molar-refractivity contribution >= 4 is 17.6 Å². The summed E-state index contributed by atoms with van der Waals surface area (Å²) in [5.74, 6) is -0.252. The molecule has 5 atom stereocenters. The lowest BCUT2D eigenvalue weighted by Gasteiger charge is -2.31. The fourth-order valence-electron chi connectivity index (χ4n) is 4.80. The summed E-state index contributed by atoms with van der Waals surface area (Å²) in [4.78, 5) is 40.1. The highest BCUT2D eigenvalue weighted by atomic mass is 16.6. The fourth-order valence-corrected chi connectivity index (χ4v) is 4.80. The maximum absolute atomic E-state index is 13.7. The molecular formula is C29H37N3O6. The van der Waals surface area contributed by atoms with Gasteiger partial charge in [0.25, 0.3) is 0 Å². The predicted molar refractivity (Wildman–Crippen MR) is 142 cm³/mol. The van der Waals surface area contributed by atoms with Crippen molar-refractivity contribution in [2.45, 2.75) is 68.8 Å². The molecule has 38 heavy (non-hydrogen) atoms. The van der Waals surface area contributed by atoms with E-state index in [1.165, 1.54) is 0 Å². The summed E-state index contributed by atoms with van der Waals surface area (Å²) in [5.41, 5.74) is 0.833. The Morgan fingerprint density at radius 3 is 2.32 bits per heavy atom. The smallest absolute Gasteiger partial charge is 0.243 e. The fraction of sp³-hybridized carbons (Fsp3) is 0.483. The largest absolute Gasteiger partial charge is 0.497 e. The van der Waals surface area contributed by atoms with E-state index in [1.807, 2.05) is 42.5 Å². The van der Waals surface area contributed by atoms with Crippen LogP contribution in [0.15, 0.2) is 54.6 Å². The SMILES string of the molecule is COc1ccc(C[C@H](NC(=O)[C@@H]2CCCC(CO)N2)C(=O)N[C@@H](Cc2ccccc2)C(=O)[C@@]2(C)CO2)cc1. The van der Waals surface area contributed by atoms with E-state index in [4.69, 9.17) is 9.47 Å². The molecule has 0 aliphatic carbocycles. The monoisotopic (exact) mass is 523 g/mol. The minimum Gasteiger partial charge on any atom is -0.497 e. The van der Waals surface area contributed by atoms with Crippen LogP contribution in [0, 0.1) is 0 Å². The van der Waals surface area contributed by atoms with Gasteiger partial charge in [0.1, 0.15) is 17.4 Å². The van der Waals surface area contributed by atoms with Gasteiger partial charge in [-0.3, -0.25) is 14.4 Å². The molecule has 4 N–H and O–H groups in total. The molecular weight excluding hydrogens is 486 g/mol. The summed E-state index contributed by atoms with van der Waals surface area (Å²) in [7, 11) is 1.58. The molecule has 0 radical (unpaired) electrons. The molecule has 2 heterocycles. The van der Waals surface area contributed by atoms with E-state index < -0.39 is 29.6 Å². The number of ketones is 1. The lowest BCUT2D eigenvalue weighted by Crippen LogP contribution is -2.58. The van der Waals surface area contributed by atoms with E-state index in [0.717, 1.165) is 24.0 Å². The number of hydrogen-bond acceptors (Lipinski definition) is 7. The van der Waals surface area contributed by atoms with Crippen molar-refractivity contribution in [3.63, 3.8) is 0 Å². The number of amides is 2. The second-order valence-corrected chi connectivity index (χ2v) is 10.3. The Morgan fingerprint density at radius 1 is 1.03 bits per heavy atom. The lowest BCUT2D eigenvalue weighted by atomic mass is 9.94. The average Bonchev–Trinajstić information content (AvgIpc) is 3.71. The quantitative estimate of drug-likeness (QED) is 0.309. The summed E-state index contributed by atoms with van der Waals surface area (Å²) < 4.78 is 10.6. The Labute approximate surface area is 223 Å². The maximum Gasteiger partial charge on any atom is 0.243 e. The topological polar surface area (TPSA) is 129 Å². The van der Waals surface area contributed by atoms with Crippen molar-refractivity contribution in [2.75, 3.05) is 20.3 Å². The third-order valence-corrected chi connectivity index (χ3v) is 7.27. The number of ether oxygens (including phenoxy) is 2. The van der Waals surface area contributed by atoms with Gasteiger partial charge in [-0.1, -0.05) is 42.5 Å². The molecule has 0 bridgehead atoms. The molecule has 9 nitrogen and oxygen atoms in total. The summed E-state index contributed by atoms with van der Waals surface area (Å²) >= 11 is 0. The zero-order valence-corrected chi connectivity index (χ0v) is 21.9. The Morgan fingerprint density at radius 2 is 1.68 bits per heavy atom. The van der Waals surface area contributed by atoms with E-state index in [0.29, 0.717) is 25.2 Å². The van der Waals surface area contributed by atoms with Crippen LogP contribution in [0.25, 0.3) is 0 Å². The summed E-state index contributed by atoms with van der Waals surface area (Å²) in [5, 5.41) is 18.5. The number of aliphatic hydroxyl groups is 1. The Bertz CT molecular complexity index is 1100. The number of hydrogen-bond donors (Lipinski definition) is 4. The molecule has 4 rings (SSSR count). The van der Waals surface area contributed by atoms with Crippen LogP contribution in [0.1, 0.15) is 37.3 Å². The first-order valence-corrected chi connectivity index (χ1v) is 13.1. The molecule has 2 fully saturated rings.